The van der Waals surface area contributed by atoms with Crippen LogP contribution in [-0.4, -0.2) is 57.2 Å². The molecule has 0 radical (unpaired) electrons. The molecule has 7 nitrogen and oxygen atoms in total. The number of phenols is 1. The Balaban J connectivity index is 1.63. The molecule has 0 aromatic heterocycles. The molecule has 38 heavy (non-hydrogen) atoms. The summed E-state index contributed by atoms with van der Waals surface area (Å²) in [6.45, 7) is -0.226. The zero-order valence-electron chi connectivity index (χ0n) is 21.4. The van der Waals surface area contributed by atoms with E-state index in [0.717, 1.165) is 16.7 Å². The molecule has 202 valence electrons. The van der Waals surface area contributed by atoms with E-state index < -0.39 is 30.2 Å². The van der Waals surface area contributed by atoms with Crippen LogP contribution < -0.4 is 11.1 Å². The third kappa shape index (κ3) is 9.43. The molecule has 0 saturated heterocycles. The van der Waals surface area contributed by atoms with Crippen molar-refractivity contribution in [3.63, 3.8) is 0 Å². The minimum atomic E-state index is -1.10. The van der Waals surface area contributed by atoms with Crippen LogP contribution in [0.1, 0.15) is 23.1 Å². The number of aliphatic hydroxyl groups excluding tert-OH is 3. The van der Waals surface area contributed by atoms with Crippen LogP contribution in [0.4, 0.5) is 0 Å². The molecule has 0 saturated carbocycles. The van der Waals surface area contributed by atoms with Gasteiger partial charge in [-0.3, -0.25) is 4.79 Å². The van der Waals surface area contributed by atoms with Crippen LogP contribution in [0.15, 0.2) is 97.1 Å². The van der Waals surface area contributed by atoms with E-state index >= 15 is 0 Å². The number of phenolic OH excluding ortho intramolecular Hbond substituents is 1. The lowest BCUT2D eigenvalue weighted by molar-refractivity contribution is -0.128. The van der Waals surface area contributed by atoms with E-state index in [1.165, 1.54) is 6.08 Å². The second-order valence-corrected chi connectivity index (χ2v) is 9.63. The summed E-state index contributed by atoms with van der Waals surface area (Å²) < 4.78 is 0. The van der Waals surface area contributed by atoms with E-state index in [0.29, 0.717) is 19.3 Å². The average Bonchev–Trinajstić information content (AvgIpc) is 2.93. The zero-order valence-corrected chi connectivity index (χ0v) is 21.4. The summed E-state index contributed by atoms with van der Waals surface area (Å²) in [5.41, 5.74) is 8.94. The summed E-state index contributed by atoms with van der Waals surface area (Å²) in [4.78, 5) is 13.3. The topological polar surface area (TPSA) is 136 Å². The fourth-order valence-corrected chi connectivity index (χ4v) is 4.31. The first-order chi connectivity index (χ1) is 18.4. The van der Waals surface area contributed by atoms with Crippen LogP contribution in [0.25, 0.3) is 0 Å². The predicted molar refractivity (Wildman–Crippen MR) is 148 cm³/mol. The number of aliphatic hydroxyl groups is 3. The van der Waals surface area contributed by atoms with Gasteiger partial charge in [0.15, 0.2) is 0 Å². The van der Waals surface area contributed by atoms with Crippen molar-refractivity contribution in [2.75, 3.05) is 6.61 Å². The highest BCUT2D eigenvalue weighted by Crippen LogP contribution is 2.17. The van der Waals surface area contributed by atoms with Crippen molar-refractivity contribution < 1.29 is 25.2 Å². The highest BCUT2D eigenvalue weighted by molar-refractivity contribution is 5.80. The third-order valence-corrected chi connectivity index (χ3v) is 6.55. The summed E-state index contributed by atoms with van der Waals surface area (Å²) in [6, 6.07) is 24.7. The molecule has 5 atom stereocenters. The monoisotopic (exact) mass is 518 g/mol. The minimum absolute atomic E-state index is 0.166. The van der Waals surface area contributed by atoms with Crippen LogP contribution in [0.5, 0.6) is 5.75 Å². The van der Waals surface area contributed by atoms with Crippen molar-refractivity contribution in [2.24, 2.45) is 11.7 Å². The van der Waals surface area contributed by atoms with E-state index in [9.17, 15) is 25.2 Å². The Morgan fingerprint density at radius 1 is 0.816 bits per heavy atom. The molecule has 0 unspecified atom stereocenters. The second-order valence-electron chi connectivity index (χ2n) is 9.63. The van der Waals surface area contributed by atoms with Crippen molar-refractivity contribution in [1.29, 1.82) is 0 Å². The number of benzene rings is 3. The first-order valence-electron chi connectivity index (χ1n) is 12.9. The molecule has 7 heteroatoms. The Morgan fingerprint density at radius 3 is 1.95 bits per heavy atom. The van der Waals surface area contributed by atoms with Crippen molar-refractivity contribution in [2.45, 2.75) is 50.0 Å². The average molecular weight is 519 g/mol. The van der Waals surface area contributed by atoms with E-state index in [1.807, 2.05) is 60.7 Å². The predicted octanol–water partition coefficient (Wildman–Crippen LogP) is 2.51. The lowest BCUT2D eigenvalue weighted by Gasteiger charge is -2.24. The van der Waals surface area contributed by atoms with Crippen LogP contribution in [-0.2, 0) is 24.1 Å². The SMILES string of the molecule is N[C@@H](Cc1ccc(O)cc1)[C@H](O)C/C=C/[C@@H](O)[C@@H](Cc1ccccc1)C(=O)N[C@H](CO)Cc1ccccc1. The maximum Gasteiger partial charge on any atom is 0.226 e. The number of nitrogens with two attached hydrogens (primary N) is 1. The Morgan fingerprint density at radius 2 is 1.37 bits per heavy atom. The Labute approximate surface area is 224 Å². The molecule has 3 aromatic rings. The van der Waals surface area contributed by atoms with E-state index in [4.69, 9.17) is 5.73 Å². The molecule has 0 aliphatic rings. The number of amides is 1. The van der Waals surface area contributed by atoms with Gasteiger partial charge in [0, 0.05) is 6.04 Å². The number of carbonyl (C=O) groups is 1. The summed E-state index contributed by atoms with van der Waals surface area (Å²) in [5.74, 6) is -0.980. The molecule has 0 aliphatic carbocycles. The van der Waals surface area contributed by atoms with Crippen molar-refractivity contribution in [1.82, 2.24) is 5.32 Å². The van der Waals surface area contributed by atoms with Gasteiger partial charge in [-0.2, -0.15) is 0 Å². The highest BCUT2D eigenvalue weighted by Gasteiger charge is 2.27. The fraction of sp³-hybridized carbons (Fsp3) is 0.323. The first-order valence-corrected chi connectivity index (χ1v) is 12.9. The van der Waals surface area contributed by atoms with Crippen molar-refractivity contribution >= 4 is 5.91 Å². The fourth-order valence-electron chi connectivity index (χ4n) is 4.31. The third-order valence-electron chi connectivity index (χ3n) is 6.55. The summed E-state index contributed by atoms with van der Waals surface area (Å²) in [6.07, 6.45) is 2.64. The van der Waals surface area contributed by atoms with E-state index in [2.05, 4.69) is 5.32 Å². The number of hydrogen-bond donors (Lipinski definition) is 6. The van der Waals surface area contributed by atoms with E-state index in [1.54, 1.807) is 30.3 Å². The molecule has 0 heterocycles. The maximum absolute atomic E-state index is 13.3. The molecule has 1 amide bonds. The number of carbonyl (C=O) groups excluding carboxylic acids is 1. The molecule has 0 spiro atoms. The van der Waals surface area contributed by atoms with Crippen LogP contribution in [0.3, 0.4) is 0 Å². The minimum Gasteiger partial charge on any atom is -0.508 e. The van der Waals surface area contributed by atoms with E-state index in [-0.39, 0.29) is 24.7 Å². The van der Waals surface area contributed by atoms with Crippen LogP contribution in [0, 0.1) is 5.92 Å². The highest BCUT2D eigenvalue weighted by atomic mass is 16.3. The number of rotatable bonds is 14. The summed E-state index contributed by atoms with van der Waals surface area (Å²) in [5, 5.41) is 43.7. The zero-order chi connectivity index (χ0) is 27.3. The van der Waals surface area contributed by atoms with Gasteiger partial charge in [-0.25, -0.2) is 0 Å². The van der Waals surface area contributed by atoms with Gasteiger partial charge >= 0.3 is 0 Å². The molecule has 3 aromatic carbocycles. The van der Waals surface area contributed by atoms with Crippen LogP contribution >= 0.6 is 0 Å². The number of hydrogen-bond acceptors (Lipinski definition) is 6. The quantitative estimate of drug-likeness (QED) is 0.182. The smallest absolute Gasteiger partial charge is 0.226 e. The van der Waals surface area contributed by atoms with Gasteiger partial charge in [0.25, 0.3) is 0 Å². The Bertz CT molecular complexity index is 1120. The van der Waals surface area contributed by atoms with Gasteiger partial charge in [-0.15, -0.1) is 0 Å². The maximum atomic E-state index is 13.3. The lowest BCUT2D eigenvalue weighted by Crippen LogP contribution is -2.45. The Kier molecular flexibility index (Phi) is 11.5. The van der Waals surface area contributed by atoms with Gasteiger partial charge in [0.2, 0.25) is 5.91 Å². The molecule has 3 rings (SSSR count). The molecule has 0 aliphatic heterocycles. The summed E-state index contributed by atoms with van der Waals surface area (Å²) in [7, 11) is 0. The van der Waals surface area contributed by atoms with Crippen molar-refractivity contribution in [3.8, 4) is 5.75 Å². The molecular formula is C31H38N2O5. The lowest BCUT2D eigenvalue weighted by atomic mass is 9.91. The largest absolute Gasteiger partial charge is 0.508 e. The van der Waals surface area contributed by atoms with Gasteiger partial charge in [-0.1, -0.05) is 84.9 Å². The second kappa shape index (κ2) is 15.1. The van der Waals surface area contributed by atoms with Crippen LogP contribution in [0.2, 0.25) is 0 Å². The molecular weight excluding hydrogens is 480 g/mol. The standard InChI is InChI=1S/C31H38N2O5/c32-28(20-24-14-16-26(35)17-15-24)30(37)13-7-12-29(36)27(19-23-10-5-2-6-11-23)31(38)33-25(21-34)18-22-8-3-1-4-9-22/h1-12,14-17,25,27-30,34-37H,13,18-21,32H2,(H,33,38)/b12-7+/t25-,27+,28-,29+,30+/m0/s1. The Hall–Kier alpha value is -3.49. The molecule has 0 fully saturated rings. The molecule has 7 N–H and O–H groups in total. The van der Waals surface area contributed by atoms with Gasteiger partial charge in [0.05, 0.1) is 30.8 Å². The van der Waals surface area contributed by atoms with Gasteiger partial charge in [-0.05, 0) is 54.5 Å². The number of aromatic hydroxyl groups is 1. The molecule has 0 bridgehead atoms. The number of nitrogens with one attached hydrogen (secondary N) is 1. The first kappa shape index (κ1) is 29.1. The van der Waals surface area contributed by atoms with Crippen molar-refractivity contribution in [3.05, 3.63) is 114 Å². The normalized spacial score (nSPS) is 15.5. The van der Waals surface area contributed by atoms with Gasteiger partial charge in [0.1, 0.15) is 5.75 Å². The summed E-state index contributed by atoms with van der Waals surface area (Å²) >= 11 is 0. The van der Waals surface area contributed by atoms with Gasteiger partial charge < -0.3 is 31.5 Å².